The number of nitrogens with zero attached hydrogens (tertiary/aromatic N) is 2. The first-order chi connectivity index (χ1) is 21.0. The van der Waals surface area contributed by atoms with Gasteiger partial charge >= 0.3 is 0 Å². The summed E-state index contributed by atoms with van der Waals surface area (Å²) in [5.41, 5.74) is 7.14. The number of benzene rings is 4. The minimum atomic E-state index is -0.357. The van der Waals surface area contributed by atoms with Gasteiger partial charge in [0.15, 0.2) is 0 Å². The molecule has 0 aliphatic carbocycles. The SMILES string of the molecule is O=C1C=CC(=O)N1c1ccc(-c2sc(-c3ccc(N4C(=O)C=CC4=O)cc3)c(-c3ccccc3)c2-c2ccccc2)cc1. The molecule has 6 nitrogen and oxygen atoms in total. The van der Waals surface area contributed by atoms with E-state index in [1.54, 1.807) is 35.6 Å². The number of amides is 4. The van der Waals surface area contributed by atoms with E-state index < -0.39 is 0 Å². The molecule has 4 aromatic carbocycles. The summed E-state index contributed by atoms with van der Waals surface area (Å²) in [6, 6.07) is 35.3. The number of imide groups is 2. The highest BCUT2D eigenvalue weighted by Crippen LogP contribution is 2.52. The molecule has 0 saturated carbocycles. The Bertz CT molecular complexity index is 1790. The minimum Gasteiger partial charge on any atom is -0.269 e. The predicted molar refractivity (Wildman–Crippen MR) is 169 cm³/mol. The molecule has 5 aromatic rings. The van der Waals surface area contributed by atoms with Crippen molar-refractivity contribution in [2.45, 2.75) is 0 Å². The molecule has 1 aromatic heterocycles. The summed E-state index contributed by atoms with van der Waals surface area (Å²) < 4.78 is 0. The first-order valence-electron chi connectivity index (χ1n) is 13.6. The number of anilines is 2. The van der Waals surface area contributed by atoms with Gasteiger partial charge in [-0.3, -0.25) is 19.2 Å². The lowest BCUT2D eigenvalue weighted by atomic mass is 9.91. The summed E-state index contributed by atoms with van der Waals surface area (Å²) in [7, 11) is 0. The molecule has 7 heteroatoms. The van der Waals surface area contributed by atoms with Gasteiger partial charge in [-0.05, 0) is 46.5 Å². The molecule has 0 N–H and O–H groups in total. The molecule has 3 heterocycles. The van der Waals surface area contributed by atoms with E-state index in [1.807, 2.05) is 60.7 Å². The van der Waals surface area contributed by atoms with Gasteiger partial charge in [0.2, 0.25) is 0 Å². The quantitative estimate of drug-likeness (QED) is 0.199. The smallest absolute Gasteiger partial charge is 0.258 e. The van der Waals surface area contributed by atoms with Crippen LogP contribution in [0.4, 0.5) is 11.4 Å². The zero-order valence-corrected chi connectivity index (χ0v) is 23.5. The summed E-state index contributed by atoms with van der Waals surface area (Å²) in [5, 5.41) is 0. The molecule has 43 heavy (non-hydrogen) atoms. The third kappa shape index (κ3) is 4.62. The van der Waals surface area contributed by atoms with E-state index >= 15 is 0 Å². The van der Waals surface area contributed by atoms with Crippen LogP contribution in [0.5, 0.6) is 0 Å². The fourth-order valence-electron chi connectivity index (χ4n) is 5.43. The van der Waals surface area contributed by atoms with Crippen LogP contribution in [0, 0.1) is 0 Å². The number of carbonyl (C=O) groups excluding carboxylic acids is 4. The van der Waals surface area contributed by atoms with Gasteiger partial charge in [0.25, 0.3) is 23.6 Å². The van der Waals surface area contributed by atoms with Crippen LogP contribution in [0.2, 0.25) is 0 Å². The maximum Gasteiger partial charge on any atom is 0.258 e. The van der Waals surface area contributed by atoms with E-state index in [9.17, 15) is 19.2 Å². The lowest BCUT2D eigenvalue weighted by molar-refractivity contribution is -0.121. The lowest BCUT2D eigenvalue weighted by Gasteiger charge is -2.15. The van der Waals surface area contributed by atoms with Crippen molar-refractivity contribution in [3.8, 4) is 43.1 Å². The topological polar surface area (TPSA) is 74.8 Å². The van der Waals surface area contributed by atoms with Crippen LogP contribution in [0.1, 0.15) is 0 Å². The molecule has 0 bridgehead atoms. The van der Waals surface area contributed by atoms with Crippen molar-refractivity contribution in [2.75, 3.05) is 9.80 Å². The second-order valence-corrected chi connectivity index (χ2v) is 11.0. The second-order valence-electron chi connectivity index (χ2n) is 10.0. The monoisotopic (exact) mass is 578 g/mol. The highest BCUT2D eigenvalue weighted by atomic mass is 32.1. The number of rotatable bonds is 6. The standard InChI is InChI=1S/C36H22N2O4S/c39-29-19-20-30(40)37(29)27-15-11-25(12-16-27)35-33(23-7-3-1-4-8-23)34(24-9-5-2-6-10-24)36(43-35)26-13-17-28(18-14-26)38-31(41)21-22-32(38)42/h1-22H. The highest BCUT2D eigenvalue weighted by molar-refractivity contribution is 7.20. The van der Waals surface area contributed by atoms with Gasteiger partial charge in [-0.15, -0.1) is 11.3 Å². The molecule has 2 aliphatic rings. The van der Waals surface area contributed by atoms with Gasteiger partial charge in [-0.2, -0.15) is 0 Å². The van der Waals surface area contributed by atoms with E-state index in [0.717, 1.165) is 52.9 Å². The van der Waals surface area contributed by atoms with Crippen molar-refractivity contribution in [1.82, 2.24) is 0 Å². The summed E-state index contributed by atoms with van der Waals surface area (Å²) in [6.45, 7) is 0. The summed E-state index contributed by atoms with van der Waals surface area (Å²) >= 11 is 1.64. The molecule has 4 amide bonds. The number of hydrogen-bond donors (Lipinski definition) is 0. The molecule has 0 atom stereocenters. The Kier molecular flexibility index (Phi) is 6.49. The Morgan fingerprint density at radius 1 is 0.372 bits per heavy atom. The Morgan fingerprint density at radius 2 is 0.698 bits per heavy atom. The van der Waals surface area contributed by atoms with Gasteiger partial charge in [0, 0.05) is 45.2 Å². The normalized spacial score (nSPS) is 14.4. The lowest BCUT2D eigenvalue weighted by Crippen LogP contribution is -2.29. The highest BCUT2D eigenvalue weighted by Gasteiger charge is 2.28. The van der Waals surface area contributed by atoms with Crippen molar-refractivity contribution in [1.29, 1.82) is 0 Å². The van der Waals surface area contributed by atoms with Crippen molar-refractivity contribution in [3.05, 3.63) is 133 Å². The maximum atomic E-state index is 12.3. The van der Waals surface area contributed by atoms with E-state index in [-0.39, 0.29) is 23.6 Å². The van der Waals surface area contributed by atoms with Gasteiger partial charge in [0.05, 0.1) is 11.4 Å². The molecule has 2 aliphatic heterocycles. The van der Waals surface area contributed by atoms with Crippen LogP contribution in [0.25, 0.3) is 43.1 Å². The maximum absolute atomic E-state index is 12.3. The Balaban J connectivity index is 1.40. The molecule has 0 spiro atoms. The average molecular weight is 579 g/mol. The largest absolute Gasteiger partial charge is 0.269 e. The van der Waals surface area contributed by atoms with Crippen LogP contribution in [0.3, 0.4) is 0 Å². The summed E-state index contributed by atoms with van der Waals surface area (Å²) in [4.78, 5) is 53.4. The first-order valence-corrected chi connectivity index (χ1v) is 14.4. The van der Waals surface area contributed by atoms with Crippen LogP contribution in [-0.2, 0) is 19.2 Å². The first kappa shape index (κ1) is 26.3. The van der Waals surface area contributed by atoms with E-state index in [1.165, 1.54) is 24.3 Å². The van der Waals surface area contributed by atoms with Gasteiger partial charge in [-0.1, -0.05) is 84.9 Å². The number of thiophene rings is 1. The fourth-order valence-corrected chi connectivity index (χ4v) is 6.79. The van der Waals surface area contributed by atoms with E-state index in [2.05, 4.69) is 24.3 Å². The molecule has 7 rings (SSSR count). The van der Waals surface area contributed by atoms with Crippen molar-refractivity contribution < 1.29 is 19.2 Å². The van der Waals surface area contributed by atoms with E-state index in [0.29, 0.717) is 11.4 Å². The molecular weight excluding hydrogens is 556 g/mol. The van der Waals surface area contributed by atoms with Crippen LogP contribution < -0.4 is 9.80 Å². The van der Waals surface area contributed by atoms with Crippen molar-refractivity contribution in [3.63, 3.8) is 0 Å². The molecular formula is C36H22N2O4S. The molecule has 0 saturated heterocycles. The second kappa shape index (κ2) is 10.6. The number of hydrogen-bond acceptors (Lipinski definition) is 5. The average Bonchev–Trinajstić information content (AvgIpc) is 3.72. The van der Waals surface area contributed by atoms with Gasteiger partial charge in [-0.25, -0.2) is 9.80 Å². The Morgan fingerprint density at radius 3 is 1.02 bits per heavy atom. The van der Waals surface area contributed by atoms with Crippen molar-refractivity contribution in [2.24, 2.45) is 0 Å². The fraction of sp³-hybridized carbons (Fsp3) is 0. The Hall–Kier alpha value is -5.66. The van der Waals surface area contributed by atoms with E-state index in [4.69, 9.17) is 0 Å². The zero-order valence-electron chi connectivity index (χ0n) is 22.6. The molecule has 0 radical (unpaired) electrons. The minimum absolute atomic E-state index is 0.357. The third-order valence-corrected chi connectivity index (χ3v) is 8.71. The molecule has 206 valence electrons. The molecule has 0 fully saturated rings. The van der Waals surface area contributed by atoms with Crippen molar-refractivity contribution >= 4 is 46.3 Å². The number of carbonyl (C=O) groups is 4. The Labute approximate surface area is 251 Å². The predicted octanol–water partition coefficient (Wildman–Crippen LogP) is 7.27. The van der Waals surface area contributed by atoms with Crippen LogP contribution in [-0.4, -0.2) is 23.6 Å². The summed E-state index contributed by atoms with van der Waals surface area (Å²) in [6.07, 6.45) is 5.11. The van der Waals surface area contributed by atoms with Crippen LogP contribution in [0.15, 0.2) is 133 Å². The summed E-state index contributed by atoms with van der Waals surface area (Å²) in [5.74, 6) is -1.43. The third-order valence-electron chi connectivity index (χ3n) is 7.43. The zero-order chi connectivity index (χ0) is 29.5. The molecule has 0 unspecified atom stereocenters. The van der Waals surface area contributed by atoms with Crippen LogP contribution >= 0.6 is 11.3 Å². The van der Waals surface area contributed by atoms with Gasteiger partial charge < -0.3 is 0 Å². The van der Waals surface area contributed by atoms with Gasteiger partial charge in [0.1, 0.15) is 0 Å².